The number of aryl methyl sites for hydroxylation is 2. The lowest BCUT2D eigenvalue weighted by molar-refractivity contribution is -0.130. The van der Waals surface area contributed by atoms with Gasteiger partial charge < -0.3 is 9.80 Å². The van der Waals surface area contributed by atoms with Gasteiger partial charge in [-0.25, -0.2) is 0 Å². The molecule has 30 heavy (non-hydrogen) atoms. The third-order valence-corrected chi connectivity index (χ3v) is 6.49. The Morgan fingerprint density at radius 3 is 2.30 bits per heavy atom. The molecule has 0 bridgehead atoms. The predicted octanol–water partition coefficient (Wildman–Crippen LogP) is 3.15. The van der Waals surface area contributed by atoms with Crippen LogP contribution in [0.4, 0.5) is 0 Å². The Morgan fingerprint density at radius 1 is 1.13 bits per heavy atom. The fourth-order valence-corrected chi connectivity index (χ4v) is 4.35. The maximum atomic E-state index is 12.8. The average molecular weight is 411 g/mol. The molecule has 1 aliphatic rings. The van der Waals surface area contributed by atoms with E-state index in [1.165, 1.54) is 11.1 Å². The van der Waals surface area contributed by atoms with Crippen LogP contribution in [0, 0.1) is 19.8 Å². The summed E-state index contributed by atoms with van der Waals surface area (Å²) in [5, 5.41) is 4.46. The van der Waals surface area contributed by atoms with Crippen molar-refractivity contribution in [1.82, 2.24) is 19.6 Å². The molecular weight excluding hydrogens is 376 g/mol. The monoisotopic (exact) mass is 410 g/mol. The summed E-state index contributed by atoms with van der Waals surface area (Å²) in [5.41, 5.74) is 5.41. The van der Waals surface area contributed by atoms with Gasteiger partial charge in [0.15, 0.2) is 0 Å². The quantitative estimate of drug-likeness (QED) is 0.735. The van der Waals surface area contributed by atoms with E-state index in [2.05, 4.69) is 24.2 Å². The van der Waals surface area contributed by atoms with Crippen molar-refractivity contribution in [2.45, 2.75) is 46.5 Å². The van der Waals surface area contributed by atoms with Crippen molar-refractivity contribution in [3.63, 3.8) is 0 Å². The van der Waals surface area contributed by atoms with E-state index >= 15 is 0 Å². The van der Waals surface area contributed by atoms with Gasteiger partial charge in [-0.1, -0.05) is 12.1 Å². The molecule has 2 heterocycles. The van der Waals surface area contributed by atoms with Crippen molar-refractivity contribution in [1.29, 1.82) is 0 Å². The zero-order valence-corrected chi connectivity index (χ0v) is 18.9. The Morgan fingerprint density at radius 2 is 1.77 bits per heavy atom. The number of piperidine rings is 1. The first kappa shape index (κ1) is 22.1. The third kappa shape index (κ3) is 5.10. The van der Waals surface area contributed by atoms with E-state index < -0.39 is 0 Å². The van der Waals surface area contributed by atoms with Gasteiger partial charge in [0.25, 0.3) is 5.91 Å². The summed E-state index contributed by atoms with van der Waals surface area (Å²) >= 11 is 0. The zero-order chi connectivity index (χ0) is 21.8. The third-order valence-electron chi connectivity index (χ3n) is 6.49. The van der Waals surface area contributed by atoms with Crippen LogP contribution in [-0.4, -0.2) is 58.1 Å². The Bertz CT molecular complexity index is 893. The topological polar surface area (TPSA) is 58.4 Å². The molecular formula is C24H34N4O2. The number of benzene rings is 1. The van der Waals surface area contributed by atoms with Crippen molar-refractivity contribution < 1.29 is 9.59 Å². The van der Waals surface area contributed by atoms with Crippen LogP contribution in [0.2, 0.25) is 0 Å². The van der Waals surface area contributed by atoms with E-state index in [1.807, 2.05) is 42.7 Å². The van der Waals surface area contributed by atoms with E-state index in [0.29, 0.717) is 12.5 Å². The Labute approximate surface area is 179 Å². The molecule has 0 atom stereocenters. The molecule has 2 aromatic rings. The molecule has 0 aliphatic carbocycles. The van der Waals surface area contributed by atoms with Crippen LogP contribution in [0.25, 0.3) is 0 Å². The zero-order valence-electron chi connectivity index (χ0n) is 18.9. The van der Waals surface area contributed by atoms with E-state index in [9.17, 15) is 9.59 Å². The molecule has 2 amide bonds. The minimum atomic E-state index is 0.0514. The lowest BCUT2D eigenvalue weighted by Crippen LogP contribution is -2.37. The van der Waals surface area contributed by atoms with E-state index in [4.69, 9.17) is 0 Å². The highest BCUT2D eigenvalue weighted by Crippen LogP contribution is 2.22. The summed E-state index contributed by atoms with van der Waals surface area (Å²) < 4.78 is 1.90. The number of aromatic nitrogens is 2. The van der Waals surface area contributed by atoms with Crippen molar-refractivity contribution in [2.75, 3.05) is 26.7 Å². The molecule has 1 aliphatic heterocycles. The molecule has 0 spiro atoms. The fourth-order valence-electron chi connectivity index (χ4n) is 4.35. The first-order chi connectivity index (χ1) is 14.3. The number of likely N-dealkylation sites (N-methyl/N-ethyl adjacent to an activating group) is 1. The Kier molecular flexibility index (Phi) is 6.95. The summed E-state index contributed by atoms with van der Waals surface area (Å²) in [6.45, 7) is 8.12. The number of likely N-dealkylation sites (tertiary alicyclic amines) is 1. The second-order valence-electron chi connectivity index (χ2n) is 8.60. The summed E-state index contributed by atoms with van der Waals surface area (Å²) in [6.07, 6.45) is 3.92. The summed E-state index contributed by atoms with van der Waals surface area (Å²) in [7, 11) is 3.81. The van der Waals surface area contributed by atoms with E-state index in [-0.39, 0.29) is 11.8 Å². The molecule has 1 aromatic carbocycles. The largest absolute Gasteiger partial charge is 0.343 e. The van der Waals surface area contributed by atoms with Crippen molar-refractivity contribution >= 4 is 11.8 Å². The van der Waals surface area contributed by atoms with Crippen molar-refractivity contribution in [3.8, 4) is 0 Å². The normalized spacial score (nSPS) is 14.8. The average Bonchev–Trinajstić information content (AvgIpc) is 2.97. The van der Waals surface area contributed by atoms with Gasteiger partial charge in [-0.3, -0.25) is 14.3 Å². The number of carbonyl (C=O) groups excluding carboxylic acids is 2. The van der Waals surface area contributed by atoms with Crippen LogP contribution in [0.1, 0.15) is 52.6 Å². The van der Waals surface area contributed by atoms with E-state index in [0.717, 1.165) is 55.7 Å². The van der Waals surface area contributed by atoms with Crippen LogP contribution in [0.15, 0.2) is 24.3 Å². The standard InChI is InChI=1S/C24H34N4O2/c1-17-23(18(2)27(5)25-17)12-13-26(4)24(30)22-8-6-20(7-9-22)16-21-10-14-28(15-11-21)19(3)29/h6-9,21H,10-16H2,1-5H3. The van der Waals surface area contributed by atoms with Crippen LogP contribution >= 0.6 is 0 Å². The smallest absolute Gasteiger partial charge is 0.253 e. The second-order valence-corrected chi connectivity index (χ2v) is 8.60. The van der Waals surface area contributed by atoms with E-state index in [1.54, 1.807) is 11.8 Å². The lowest BCUT2D eigenvalue weighted by atomic mass is 9.90. The second kappa shape index (κ2) is 9.45. The number of nitrogens with zero attached hydrogens (tertiary/aromatic N) is 4. The highest BCUT2D eigenvalue weighted by Gasteiger charge is 2.21. The predicted molar refractivity (Wildman–Crippen MR) is 118 cm³/mol. The van der Waals surface area contributed by atoms with Crippen LogP contribution < -0.4 is 0 Å². The fraction of sp³-hybridized carbons (Fsp3) is 0.542. The van der Waals surface area contributed by atoms with Crippen LogP contribution in [0.3, 0.4) is 0 Å². The van der Waals surface area contributed by atoms with Gasteiger partial charge >= 0.3 is 0 Å². The lowest BCUT2D eigenvalue weighted by Gasteiger charge is -2.31. The van der Waals surface area contributed by atoms with Gasteiger partial charge in [0.1, 0.15) is 0 Å². The molecule has 0 radical (unpaired) electrons. The molecule has 162 valence electrons. The van der Waals surface area contributed by atoms with Gasteiger partial charge in [0.05, 0.1) is 5.69 Å². The van der Waals surface area contributed by atoms with Crippen LogP contribution in [0.5, 0.6) is 0 Å². The minimum Gasteiger partial charge on any atom is -0.343 e. The number of hydrogen-bond donors (Lipinski definition) is 0. The van der Waals surface area contributed by atoms with Crippen molar-refractivity contribution in [2.24, 2.45) is 13.0 Å². The summed E-state index contributed by atoms with van der Waals surface area (Å²) in [5.74, 6) is 0.834. The summed E-state index contributed by atoms with van der Waals surface area (Å²) in [4.78, 5) is 28.0. The van der Waals surface area contributed by atoms with Gasteiger partial charge in [0.2, 0.25) is 5.91 Å². The van der Waals surface area contributed by atoms with Gasteiger partial charge in [-0.2, -0.15) is 5.10 Å². The number of rotatable bonds is 6. The summed E-state index contributed by atoms with van der Waals surface area (Å²) in [6, 6.07) is 8.04. The number of hydrogen-bond acceptors (Lipinski definition) is 3. The van der Waals surface area contributed by atoms with Gasteiger partial charge in [-0.15, -0.1) is 0 Å². The molecule has 0 saturated carbocycles. The molecule has 3 rings (SSSR count). The Balaban J connectivity index is 1.52. The Hall–Kier alpha value is -2.63. The molecule has 1 saturated heterocycles. The molecule has 0 unspecified atom stereocenters. The maximum Gasteiger partial charge on any atom is 0.253 e. The molecule has 1 aromatic heterocycles. The number of amides is 2. The first-order valence-electron chi connectivity index (χ1n) is 10.8. The molecule has 1 fully saturated rings. The van der Waals surface area contributed by atoms with Crippen LogP contribution in [-0.2, 0) is 24.7 Å². The first-order valence-corrected chi connectivity index (χ1v) is 10.8. The maximum absolute atomic E-state index is 12.8. The van der Waals surface area contributed by atoms with Gasteiger partial charge in [-0.05, 0) is 68.7 Å². The highest BCUT2D eigenvalue weighted by molar-refractivity contribution is 5.94. The van der Waals surface area contributed by atoms with Crippen molar-refractivity contribution in [3.05, 3.63) is 52.3 Å². The molecule has 6 nitrogen and oxygen atoms in total. The minimum absolute atomic E-state index is 0.0514. The number of carbonyl (C=O) groups is 2. The molecule has 6 heteroatoms. The molecule has 0 N–H and O–H groups in total. The SMILES string of the molecule is CC(=O)N1CCC(Cc2ccc(C(=O)N(C)CCc3c(C)nn(C)c3C)cc2)CC1. The highest BCUT2D eigenvalue weighted by atomic mass is 16.2. The van der Waals surface area contributed by atoms with Gasteiger partial charge in [0, 0.05) is 51.9 Å².